The zero-order valence-corrected chi connectivity index (χ0v) is 10.7. The third kappa shape index (κ3) is 3.03. The molecule has 0 aliphatic heterocycles. The summed E-state index contributed by atoms with van der Waals surface area (Å²) >= 11 is 5.65. The van der Waals surface area contributed by atoms with Gasteiger partial charge in [-0.25, -0.2) is 8.78 Å². The topological polar surface area (TPSA) is 52.4 Å². The minimum absolute atomic E-state index is 0.0331. The molecule has 104 valence electrons. The summed E-state index contributed by atoms with van der Waals surface area (Å²) < 4.78 is 31.6. The van der Waals surface area contributed by atoms with Gasteiger partial charge >= 0.3 is 5.69 Å². The van der Waals surface area contributed by atoms with E-state index in [1.54, 1.807) is 0 Å². The average Bonchev–Trinajstić information content (AvgIpc) is 2.41. The lowest BCUT2D eigenvalue weighted by atomic mass is 10.2. The van der Waals surface area contributed by atoms with E-state index in [0.717, 1.165) is 12.1 Å². The smallest absolute Gasteiger partial charge is 0.312 e. The SMILES string of the molecule is O=[N+]([O-])c1cc(Cl)ccc1OCc1cccc(F)c1F. The molecule has 0 N–H and O–H groups in total. The van der Waals surface area contributed by atoms with Crippen molar-refractivity contribution in [1.82, 2.24) is 0 Å². The van der Waals surface area contributed by atoms with E-state index >= 15 is 0 Å². The van der Waals surface area contributed by atoms with Crippen LogP contribution in [-0.2, 0) is 6.61 Å². The van der Waals surface area contributed by atoms with Crippen LogP contribution < -0.4 is 4.74 Å². The van der Waals surface area contributed by atoms with Crippen molar-refractivity contribution in [1.29, 1.82) is 0 Å². The Labute approximate surface area is 117 Å². The van der Waals surface area contributed by atoms with Gasteiger partial charge in [0.15, 0.2) is 17.4 Å². The summed E-state index contributed by atoms with van der Waals surface area (Å²) in [6.07, 6.45) is 0. The average molecular weight is 300 g/mol. The molecule has 4 nitrogen and oxygen atoms in total. The number of rotatable bonds is 4. The molecule has 0 aliphatic rings. The van der Waals surface area contributed by atoms with Gasteiger partial charge in [-0.2, -0.15) is 0 Å². The monoisotopic (exact) mass is 299 g/mol. The molecular formula is C13H8ClF2NO3. The number of halogens is 3. The van der Waals surface area contributed by atoms with E-state index in [-0.39, 0.29) is 28.6 Å². The van der Waals surface area contributed by atoms with Crippen molar-refractivity contribution >= 4 is 17.3 Å². The van der Waals surface area contributed by atoms with Gasteiger partial charge in [-0.3, -0.25) is 10.1 Å². The van der Waals surface area contributed by atoms with Gasteiger partial charge in [-0.1, -0.05) is 23.7 Å². The third-order valence-electron chi connectivity index (χ3n) is 2.53. The second kappa shape index (κ2) is 5.83. The van der Waals surface area contributed by atoms with Crippen molar-refractivity contribution < 1.29 is 18.4 Å². The Morgan fingerprint density at radius 3 is 2.70 bits per heavy atom. The summed E-state index contributed by atoms with van der Waals surface area (Å²) in [6, 6.07) is 7.47. The van der Waals surface area contributed by atoms with E-state index in [2.05, 4.69) is 0 Å². The second-order valence-corrected chi connectivity index (χ2v) is 4.31. The van der Waals surface area contributed by atoms with E-state index in [1.807, 2.05) is 0 Å². The molecule has 0 aliphatic carbocycles. The fourth-order valence-corrected chi connectivity index (χ4v) is 1.74. The predicted molar refractivity (Wildman–Crippen MR) is 68.8 cm³/mol. The Morgan fingerprint density at radius 2 is 2.00 bits per heavy atom. The van der Waals surface area contributed by atoms with Gasteiger partial charge in [0.05, 0.1) is 4.92 Å². The zero-order valence-electron chi connectivity index (χ0n) is 9.98. The van der Waals surface area contributed by atoms with Gasteiger partial charge in [-0.05, 0) is 18.2 Å². The van der Waals surface area contributed by atoms with Gasteiger partial charge in [-0.15, -0.1) is 0 Å². The highest BCUT2D eigenvalue weighted by Crippen LogP contribution is 2.30. The van der Waals surface area contributed by atoms with Crippen LogP contribution in [0, 0.1) is 21.7 Å². The number of hydrogen-bond acceptors (Lipinski definition) is 3. The first-order chi connectivity index (χ1) is 9.49. The number of benzene rings is 2. The number of nitro groups is 1. The highest BCUT2D eigenvalue weighted by atomic mass is 35.5. The van der Waals surface area contributed by atoms with Crippen molar-refractivity contribution in [3.63, 3.8) is 0 Å². The molecule has 0 amide bonds. The second-order valence-electron chi connectivity index (χ2n) is 3.87. The molecule has 2 aromatic rings. The Bertz CT molecular complexity index is 664. The predicted octanol–water partition coefficient (Wildman–Crippen LogP) is 4.11. The summed E-state index contributed by atoms with van der Waals surface area (Å²) in [5.41, 5.74) is -0.372. The lowest BCUT2D eigenvalue weighted by Gasteiger charge is -2.08. The van der Waals surface area contributed by atoms with Crippen LogP contribution >= 0.6 is 11.6 Å². The summed E-state index contributed by atoms with van der Waals surface area (Å²) in [6.45, 7) is -0.327. The maximum Gasteiger partial charge on any atom is 0.312 e. The summed E-state index contributed by atoms with van der Waals surface area (Å²) in [5.74, 6) is -2.11. The molecule has 0 bridgehead atoms. The molecule has 0 saturated heterocycles. The Kier molecular flexibility index (Phi) is 4.14. The van der Waals surface area contributed by atoms with Crippen molar-refractivity contribution in [2.45, 2.75) is 6.61 Å². The van der Waals surface area contributed by atoms with Crippen molar-refractivity contribution in [2.75, 3.05) is 0 Å². The van der Waals surface area contributed by atoms with E-state index in [1.165, 1.54) is 24.3 Å². The van der Waals surface area contributed by atoms with Crippen molar-refractivity contribution in [3.05, 3.63) is 68.7 Å². The molecule has 2 rings (SSSR count). The Balaban J connectivity index is 2.23. The lowest BCUT2D eigenvalue weighted by molar-refractivity contribution is -0.385. The van der Waals surface area contributed by atoms with Gasteiger partial charge in [0.2, 0.25) is 0 Å². The first-order valence-corrected chi connectivity index (χ1v) is 5.86. The zero-order chi connectivity index (χ0) is 14.7. The van der Waals surface area contributed by atoms with Gasteiger partial charge in [0.1, 0.15) is 6.61 Å². The van der Waals surface area contributed by atoms with Crippen LogP contribution in [0.25, 0.3) is 0 Å². The number of nitrogens with zero attached hydrogens (tertiary/aromatic N) is 1. The molecular weight excluding hydrogens is 292 g/mol. The Hall–Kier alpha value is -2.21. The summed E-state index contributed by atoms with van der Waals surface area (Å²) in [7, 11) is 0. The lowest BCUT2D eigenvalue weighted by Crippen LogP contribution is -2.02. The van der Waals surface area contributed by atoms with Gasteiger partial charge < -0.3 is 4.74 Å². The van der Waals surface area contributed by atoms with Crippen LogP contribution in [0.5, 0.6) is 5.75 Å². The first-order valence-electron chi connectivity index (χ1n) is 5.48. The van der Waals surface area contributed by atoms with Gasteiger partial charge in [0.25, 0.3) is 0 Å². The maximum absolute atomic E-state index is 13.4. The maximum atomic E-state index is 13.4. The first kappa shape index (κ1) is 14.2. The molecule has 0 spiro atoms. The highest BCUT2D eigenvalue weighted by molar-refractivity contribution is 6.30. The normalized spacial score (nSPS) is 10.3. The standard InChI is InChI=1S/C13H8ClF2NO3/c14-9-4-5-12(11(6-9)17(18)19)20-7-8-2-1-3-10(15)13(8)16/h1-6H,7H2. The molecule has 2 aromatic carbocycles. The van der Waals surface area contributed by atoms with Crippen LogP contribution in [0.3, 0.4) is 0 Å². The van der Waals surface area contributed by atoms with E-state index in [4.69, 9.17) is 16.3 Å². The van der Waals surface area contributed by atoms with E-state index in [9.17, 15) is 18.9 Å². The number of nitro benzene ring substituents is 1. The molecule has 0 atom stereocenters. The molecule has 0 fully saturated rings. The summed E-state index contributed by atoms with van der Waals surface area (Å²) in [5, 5.41) is 11.0. The van der Waals surface area contributed by atoms with Crippen molar-refractivity contribution in [3.8, 4) is 5.75 Å². The molecule has 0 aromatic heterocycles. The molecule has 7 heteroatoms. The fraction of sp³-hybridized carbons (Fsp3) is 0.0769. The fourth-order valence-electron chi connectivity index (χ4n) is 1.57. The molecule has 0 saturated carbocycles. The van der Waals surface area contributed by atoms with Crippen LogP contribution in [0.15, 0.2) is 36.4 Å². The Morgan fingerprint density at radius 1 is 1.25 bits per heavy atom. The van der Waals surface area contributed by atoms with Crippen molar-refractivity contribution in [2.24, 2.45) is 0 Å². The number of ether oxygens (including phenoxy) is 1. The van der Waals surface area contributed by atoms with E-state index in [0.29, 0.717) is 0 Å². The minimum atomic E-state index is -1.04. The molecule has 20 heavy (non-hydrogen) atoms. The highest BCUT2D eigenvalue weighted by Gasteiger charge is 2.16. The largest absolute Gasteiger partial charge is 0.482 e. The number of hydrogen-bond donors (Lipinski definition) is 0. The molecule has 0 unspecified atom stereocenters. The van der Waals surface area contributed by atoms with E-state index < -0.39 is 16.6 Å². The minimum Gasteiger partial charge on any atom is -0.482 e. The van der Waals surface area contributed by atoms with Crippen LogP contribution in [0.4, 0.5) is 14.5 Å². The molecule has 0 radical (unpaired) electrons. The van der Waals surface area contributed by atoms with Crippen LogP contribution in [0.2, 0.25) is 5.02 Å². The van der Waals surface area contributed by atoms with Gasteiger partial charge in [0, 0.05) is 16.7 Å². The van der Waals surface area contributed by atoms with Crippen LogP contribution in [0.1, 0.15) is 5.56 Å². The third-order valence-corrected chi connectivity index (χ3v) is 2.77. The molecule has 0 heterocycles. The summed E-state index contributed by atoms with van der Waals surface area (Å²) in [4.78, 5) is 10.2. The quantitative estimate of drug-likeness (QED) is 0.630. The van der Waals surface area contributed by atoms with Crippen LogP contribution in [-0.4, -0.2) is 4.92 Å².